The Balaban J connectivity index is 1.88. The van der Waals surface area contributed by atoms with Crippen molar-refractivity contribution in [3.8, 4) is 0 Å². The summed E-state index contributed by atoms with van der Waals surface area (Å²) >= 11 is 0. The van der Waals surface area contributed by atoms with E-state index in [2.05, 4.69) is 48.3 Å². The lowest BCUT2D eigenvalue weighted by atomic mass is 9.96. The molecule has 1 fully saturated rings. The number of nitrogens with zero attached hydrogens (tertiary/aromatic N) is 1. The van der Waals surface area contributed by atoms with Gasteiger partial charge in [0.1, 0.15) is 0 Å². The lowest BCUT2D eigenvalue weighted by Crippen LogP contribution is -2.46. The molecule has 2 nitrogen and oxygen atoms in total. The summed E-state index contributed by atoms with van der Waals surface area (Å²) < 4.78 is 0. The Bertz CT molecular complexity index is 343. The van der Waals surface area contributed by atoms with Gasteiger partial charge in [0.05, 0.1) is 0 Å². The van der Waals surface area contributed by atoms with Crippen molar-refractivity contribution in [3.63, 3.8) is 0 Å². The van der Waals surface area contributed by atoms with Crippen LogP contribution in [0, 0.1) is 5.92 Å². The third-order valence-electron chi connectivity index (χ3n) is 3.57. The molecule has 1 saturated heterocycles. The highest BCUT2D eigenvalue weighted by Crippen LogP contribution is 2.26. The van der Waals surface area contributed by atoms with E-state index in [-0.39, 0.29) is 0 Å². The van der Waals surface area contributed by atoms with Crippen LogP contribution in [0.3, 0.4) is 0 Å². The SMILES string of the molecule is CCCNCc1cccc(N2CC(CC)C2)c1. The summed E-state index contributed by atoms with van der Waals surface area (Å²) in [5.41, 5.74) is 2.79. The molecule has 17 heavy (non-hydrogen) atoms. The third-order valence-corrected chi connectivity index (χ3v) is 3.57. The highest BCUT2D eigenvalue weighted by atomic mass is 15.2. The van der Waals surface area contributed by atoms with Gasteiger partial charge in [-0.1, -0.05) is 26.0 Å². The Morgan fingerprint density at radius 3 is 2.82 bits per heavy atom. The van der Waals surface area contributed by atoms with E-state index in [1.165, 1.54) is 37.2 Å². The molecule has 0 saturated carbocycles. The molecule has 0 spiro atoms. The van der Waals surface area contributed by atoms with Crippen LogP contribution in [-0.2, 0) is 6.54 Å². The molecule has 94 valence electrons. The fourth-order valence-electron chi connectivity index (χ4n) is 2.31. The molecule has 1 heterocycles. The van der Waals surface area contributed by atoms with E-state index in [1.807, 2.05) is 0 Å². The summed E-state index contributed by atoms with van der Waals surface area (Å²) in [7, 11) is 0. The van der Waals surface area contributed by atoms with Crippen LogP contribution in [0.5, 0.6) is 0 Å². The molecular formula is C15H24N2. The lowest BCUT2D eigenvalue weighted by Gasteiger charge is -2.41. The summed E-state index contributed by atoms with van der Waals surface area (Å²) in [6, 6.07) is 8.95. The van der Waals surface area contributed by atoms with Crippen molar-refractivity contribution in [3.05, 3.63) is 29.8 Å². The van der Waals surface area contributed by atoms with E-state index in [1.54, 1.807) is 0 Å². The second kappa shape index (κ2) is 6.06. The van der Waals surface area contributed by atoms with Crippen molar-refractivity contribution in [2.24, 2.45) is 5.92 Å². The van der Waals surface area contributed by atoms with E-state index >= 15 is 0 Å². The summed E-state index contributed by atoms with van der Waals surface area (Å²) in [5, 5.41) is 3.45. The maximum Gasteiger partial charge on any atom is 0.0369 e. The standard InChI is InChI=1S/C15H24N2/c1-3-8-16-10-14-6-5-7-15(9-14)17-11-13(4-2)12-17/h5-7,9,13,16H,3-4,8,10-12H2,1-2H3. The van der Waals surface area contributed by atoms with Gasteiger partial charge in [0.25, 0.3) is 0 Å². The molecule has 0 radical (unpaired) electrons. The van der Waals surface area contributed by atoms with Crippen molar-refractivity contribution >= 4 is 5.69 Å². The Kier molecular flexibility index (Phi) is 4.43. The van der Waals surface area contributed by atoms with Gasteiger partial charge in [0.2, 0.25) is 0 Å². The average Bonchev–Trinajstić information content (AvgIpc) is 2.29. The first-order chi connectivity index (χ1) is 8.33. The molecule has 1 aliphatic rings. The van der Waals surface area contributed by atoms with Crippen molar-refractivity contribution in [2.45, 2.75) is 33.2 Å². The summed E-state index contributed by atoms with van der Waals surface area (Å²) in [5.74, 6) is 0.914. The van der Waals surface area contributed by atoms with Crippen molar-refractivity contribution in [1.82, 2.24) is 5.32 Å². The Morgan fingerprint density at radius 2 is 2.12 bits per heavy atom. The van der Waals surface area contributed by atoms with Crippen LogP contribution in [-0.4, -0.2) is 19.6 Å². The molecule has 1 aromatic rings. The molecule has 0 unspecified atom stereocenters. The molecule has 0 aliphatic carbocycles. The number of anilines is 1. The second-order valence-electron chi connectivity index (χ2n) is 5.03. The summed E-state index contributed by atoms with van der Waals surface area (Å²) in [6.45, 7) is 9.06. The summed E-state index contributed by atoms with van der Waals surface area (Å²) in [4.78, 5) is 2.48. The predicted octanol–water partition coefficient (Wildman–Crippen LogP) is 3.03. The number of nitrogens with one attached hydrogen (secondary N) is 1. The molecule has 2 rings (SSSR count). The maximum atomic E-state index is 3.45. The van der Waals surface area contributed by atoms with Gasteiger partial charge in [-0.2, -0.15) is 0 Å². The second-order valence-corrected chi connectivity index (χ2v) is 5.03. The molecular weight excluding hydrogens is 208 g/mol. The Morgan fingerprint density at radius 1 is 1.29 bits per heavy atom. The van der Waals surface area contributed by atoms with Gasteiger partial charge >= 0.3 is 0 Å². The number of hydrogen-bond acceptors (Lipinski definition) is 2. The first kappa shape index (κ1) is 12.4. The van der Waals surface area contributed by atoms with Gasteiger partial charge < -0.3 is 10.2 Å². The topological polar surface area (TPSA) is 15.3 Å². The van der Waals surface area contributed by atoms with E-state index in [0.717, 1.165) is 19.0 Å². The smallest absolute Gasteiger partial charge is 0.0369 e. The van der Waals surface area contributed by atoms with Crippen molar-refractivity contribution in [2.75, 3.05) is 24.5 Å². The van der Waals surface area contributed by atoms with E-state index < -0.39 is 0 Å². The van der Waals surface area contributed by atoms with Crippen LogP contribution in [0.2, 0.25) is 0 Å². The molecule has 1 aliphatic heterocycles. The van der Waals surface area contributed by atoms with Crippen LogP contribution in [0.4, 0.5) is 5.69 Å². The third kappa shape index (κ3) is 3.22. The average molecular weight is 232 g/mol. The molecule has 1 N–H and O–H groups in total. The number of rotatable bonds is 6. The first-order valence-electron chi connectivity index (χ1n) is 6.88. The monoisotopic (exact) mass is 232 g/mol. The van der Waals surface area contributed by atoms with Gasteiger partial charge in [0.15, 0.2) is 0 Å². The maximum absolute atomic E-state index is 3.45. The van der Waals surface area contributed by atoms with Crippen LogP contribution in [0.15, 0.2) is 24.3 Å². The normalized spacial score (nSPS) is 16.0. The van der Waals surface area contributed by atoms with Gasteiger partial charge in [-0.15, -0.1) is 0 Å². The fraction of sp³-hybridized carbons (Fsp3) is 0.600. The minimum atomic E-state index is 0.914. The largest absolute Gasteiger partial charge is 0.371 e. The first-order valence-corrected chi connectivity index (χ1v) is 6.88. The lowest BCUT2D eigenvalue weighted by molar-refractivity contribution is 0.399. The fourth-order valence-corrected chi connectivity index (χ4v) is 2.31. The van der Waals surface area contributed by atoms with E-state index in [0.29, 0.717) is 0 Å². The number of benzene rings is 1. The zero-order valence-electron chi connectivity index (χ0n) is 11.1. The zero-order valence-corrected chi connectivity index (χ0v) is 11.1. The van der Waals surface area contributed by atoms with Gasteiger partial charge in [-0.3, -0.25) is 0 Å². The van der Waals surface area contributed by atoms with Crippen molar-refractivity contribution < 1.29 is 0 Å². The highest BCUT2D eigenvalue weighted by molar-refractivity contribution is 5.50. The molecule has 1 aromatic carbocycles. The highest BCUT2D eigenvalue weighted by Gasteiger charge is 2.24. The van der Waals surface area contributed by atoms with Gasteiger partial charge in [-0.05, 0) is 43.0 Å². The van der Waals surface area contributed by atoms with E-state index in [4.69, 9.17) is 0 Å². The quantitative estimate of drug-likeness (QED) is 0.758. The van der Waals surface area contributed by atoms with Gasteiger partial charge in [-0.25, -0.2) is 0 Å². The molecule has 0 aromatic heterocycles. The molecule has 0 amide bonds. The predicted molar refractivity (Wildman–Crippen MR) is 74.4 cm³/mol. The van der Waals surface area contributed by atoms with Crippen LogP contribution < -0.4 is 10.2 Å². The molecule has 0 bridgehead atoms. The summed E-state index contributed by atoms with van der Waals surface area (Å²) in [6.07, 6.45) is 2.51. The minimum Gasteiger partial charge on any atom is -0.371 e. The van der Waals surface area contributed by atoms with Crippen LogP contribution in [0.1, 0.15) is 32.3 Å². The zero-order chi connectivity index (χ0) is 12.1. The Labute approximate surface area is 105 Å². The minimum absolute atomic E-state index is 0.914. The molecule has 0 atom stereocenters. The van der Waals surface area contributed by atoms with Gasteiger partial charge in [0, 0.05) is 25.3 Å². The van der Waals surface area contributed by atoms with E-state index in [9.17, 15) is 0 Å². The number of hydrogen-bond donors (Lipinski definition) is 1. The van der Waals surface area contributed by atoms with Crippen LogP contribution >= 0.6 is 0 Å². The molecule has 2 heteroatoms. The van der Waals surface area contributed by atoms with Crippen LogP contribution in [0.25, 0.3) is 0 Å². The van der Waals surface area contributed by atoms with Crippen molar-refractivity contribution in [1.29, 1.82) is 0 Å². The Hall–Kier alpha value is -1.02.